The van der Waals surface area contributed by atoms with Crippen LogP contribution in [-0.2, 0) is 4.79 Å². The van der Waals surface area contributed by atoms with E-state index in [0.717, 1.165) is 40.4 Å². The average Bonchev–Trinajstić information content (AvgIpc) is 3.11. The molecule has 2 aliphatic heterocycles. The van der Waals surface area contributed by atoms with Crippen molar-refractivity contribution in [3.8, 4) is 0 Å². The van der Waals surface area contributed by atoms with Gasteiger partial charge in [0.05, 0.1) is 11.7 Å². The maximum Gasteiger partial charge on any atom is 0.254 e. The molecular weight excluding hydrogens is 408 g/mol. The molecule has 1 fully saturated rings. The fourth-order valence-electron chi connectivity index (χ4n) is 3.83. The Labute approximate surface area is 179 Å². The van der Waals surface area contributed by atoms with Gasteiger partial charge in [-0.2, -0.15) is 0 Å². The molecule has 0 N–H and O–H groups in total. The van der Waals surface area contributed by atoms with Gasteiger partial charge in [0.1, 0.15) is 0 Å². The number of thioether (sulfide) groups is 1. The van der Waals surface area contributed by atoms with Gasteiger partial charge in [-0.05, 0) is 24.1 Å². The van der Waals surface area contributed by atoms with Crippen molar-refractivity contribution >= 4 is 35.0 Å². The van der Waals surface area contributed by atoms with E-state index in [2.05, 4.69) is 9.88 Å². The van der Waals surface area contributed by atoms with E-state index in [9.17, 15) is 9.59 Å². The number of piperazine rings is 1. The van der Waals surface area contributed by atoms with Crippen molar-refractivity contribution in [3.05, 3.63) is 51.4 Å². The molecule has 0 unspecified atom stereocenters. The van der Waals surface area contributed by atoms with Gasteiger partial charge in [0.15, 0.2) is 5.16 Å². The summed E-state index contributed by atoms with van der Waals surface area (Å²) in [7, 11) is 0. The first kappa shape index (κ1) is 20.3. The molecule has 1 amide bonds. The lowest BCUT2D eigenvalue weighted by Crippen LogP contribution is -2.49. The molecule has 0 bridgehead atoms. The van der Waals surface area contributed by atoms with Gasteiger partial charge in [0.2, 0.25) is 5.91 Å². The molecule has 2 aromatic rings. The zero-order chi connectivity index (χ0) is 20.5. The Morgan fingerprint density at radius 2 is 2.00 bits per heavy atom. The number of anilines is 1. The van der Waals surface area contributed by atoms with Crippen LogP contribution in [0, 0.1) is 0 Å². The van der Waals surface area contributed by atoms with Crippen molar-refractivity contribution in [1.82, 2.24) is 14.5 Å². The fraction of sp³-hybridized carbons (Fsp3) is 0.476. The van der Waals surface area contributed by atoms with E-state index in [-0.39, 0.29) is 23.4 Å². The average molecular weight is 433 g/mol. The highest BCUT2D eigenvalue weighted by atomic mass is 35.5. The lowest BCUT2D eigenvalue weighted by molar-refractivity contribution is -0.132. The number of rotatable bonds is 4. The molecule has 0 radical (unpaired) electrons. The second-order valence-corrected chi connectivity index (χ2v) is 9.27. The van der Waals surface area contributed by atoms with Crippen LogP contribution in [0.1, 0.15) is 37.9 Å². The number of benzene rings is 1. The lowest BCUT2D eigenvalue weighted by Gasteiger charge is -2.36. The van der Waals surface area contributed by atoms with E-state index < -0.39 is 0 Å². The number of nitrogens with zero attached hydrogens (tertiary/aromatic N) is 4. The molecule has 6 nitrogen and oxygen atoms in total. The quantitative estimate of drug-likeness (QED) is 0.693. The van der Waals surface area contributed by atoms with Crippen LogP contribution in [0.3, 0.4) is 0 Å². The SMILES string of the molecule is CC(C)c1cc(=O)n2c(n1)SC[C@H]2CC(=O)N1CCN(c2cccc(Cl)c2)CC1. The highest BCUT2D eigenvalue weighted by molar-refractivity contribution is 7.99. The van der Waals surface area contributed by atoms with Crippen molar-refractivity contribution in [2.45, 2.75) is 37.4 Å². The Balaban J connectivity index is 1.39. The molecular formula is C21H25ClN4O2S. The number of hydrogen-bond donors (Lipinski definition) is 0. The van der Waals surface area contributed by atoms with E-state index in [1.807, 2.05) is 43.0 Å². The summed E-state index contributed by atoms with van der Waals surface area (Å²) in [6.07, 6.45) is 0.347. The maximum absolute atomic E-state index is 12.9. The molecule has 29 heavy (non-hydrogen) atoms. The van der Waals surface area contributed by atoms with Gasteiger partial charge in [0, 0.05) is 55.1 Å². The molecule has 1 atom stereocenters. The summed E-state index contributed by atoms with van der Waals surface area (Å²) >= 11 is 7.66. The summed E-state index contributed by atoms with van der Waals surface area (Å²) < 4.78 is 1.71. The molecule has 1 aromatic carbocycles. The predicted octanol–water partition coefficient (Wildman–Crippen LogP) is 3.41. The Hall–Kier alpha value is -1.99. The van der Waals surface area contributed by atoms with Crippen molar-refractivity contribution in [1.29, 1.82) is 0 Å². The van der Waals surface area contributed by atoms with Crippen molar-refractivity contribution in [3.63, 3.8) is 0 Å². The van der Waals surface area contributed by atoms with Gasteiger partial charge in [-0.15, -0.1) is 0 Å². The third-order valence-corrected chi connectivity index (χ3v) is 6.85. The normalized spacial score (nSPS) is 19.0. The van der Waals surface area contributed by atoms with Crippen LogP contribution in [0.15, 0.2) is 40.3 Å². The first-order chi connectivity index (χ1) is 13.9. The number of fused-ring (bicyclic) bond motifs is 1. The summed E-state index contributed by atoms with van der Waals surface area (Å²) in [5, 5.41) is 1.46. The molecule has 2 aliphatic rings. The Bertz CT molecular complexity index is 969. The van der Waals surface area contributed by atoms with Crippen LogP contribution in [0.4, 0.5) is 5.69 Å². The third-order valence-electron chi connectivity index (χ3n) is 5.52. The summed E-state index contributed by atoms with van der Waals surface area (Å²) in [4.78, 5) is 34.3. The monoisotopic (exact) mass is 432 g/mol. The van der Waals surface area contributed by atoms with Crippen molar-refractivity contribution in [2.75, 3.05) is 36.8 Å². The van der Waals surface area contributed by atoms with E-state index in [1.54, 1.807) is 22.4 Å². The molecule has 154 valence electrons. The number of hydrogen-bond acceptors (Lipinski definition) is 5. The second kappa shape index (κ2) is 8.40. The first-order valence-corrected chi connectivity index (χ1v) is 11.3. The topological polar surface area (TPSA) is 58.4 Å². The number of aromatic nitrogens is 2. The predicted molar refractivity (Wildman–Crippen MR) is 117 cm³/mol. The molecule has 8 heteroatoms. The van der Waals surface area contributed by atoms with Crippen LogP contribution < -0.4 is 10.5 Å². The second-order valence-electron chi connectivity index (χ2n) is 7.84. The highest BCUT2D eigenvalue weighted by Gasteiger charge is 2.30. The van der Waals surface area contributed by atoms with Gasteiger partial charge in [-0.3, -0.25) is 14.2 Å². The van der Waals surface area contributed by atoms with Crippen LogP contribution in [0.5, 0.6) is 0 Å². The minimum atomic E-state index is -0.116. The van der Waals surface area contributed by atoms with E-state index in [0.29, 0.717) is 19.5 Å². The Morgan fingerprint density at radius 3 is 2.69 bits per heavy atom. The van der Waals surface area contributed by atoms with Crippen LogP contribution in [0.2, 0.25) is 5.02 Å². The van der Waals surface area contributed by atoms with Gasteiger partial charge in [0.25, 0.3) is 5.56 Å². The molecule has 0 aliphatic carbocycles. The van der Waals surface area contributed by atoms with Crippen molar-refractivity contribution < 1.29 is 4.79 Å². The van der Waals surface area contributed by atoms with Crippen LogP contribution >= 0.6 is 23.4 Å². The molecule has 0 saturated carbocycles. The number of carbonyl (C=O) groups is 1. The third kappa shape index (κ3) is 4.31. The zero-order valence-corrected chi connectivity index (χ0v) is 18.2. The number of carbonyl (C=O) groups excluding carboxylic acids is 1. The van der Waals surface area contributed by atoms with Crippen molar-refractivity contribution in [2.24, 2.45) is 0 Å². The number of amides is 1. The lowest BCUT2D eigenvalue weighted by atomic mass is 10.1. The van der Waals surface area contributed by atoms with Crippen LogP contribution in [-0.4, -0.2) is 52.3 Å². The Morgan fingerprint density at radius 1 is 1.24 bits per heavy atom. The summed E-state index contributed by atoms with van der Waals surface area (Å²) in [6.45, 7) is 6.97. The summed E-state index contributed by atoms with van der Waals surface area (Å²) in [5.41, 5.74) is 1.86. The standard InChI is InChI=1S/C21H25ClN4O2S/c1-14(2)18-12-20(28)26-17(13-29-21(26)23-18)11-19(27)25-8-6-24(7-9-25)16-5-3-4-15(22)10-16/h3-5,10,12,14,17H,6-9,11,13H2,1-2H3/t17-/m1/s1. The summed E-state index contributed by atoms with van der Waals surface area (Å²) in [6, 6.07) is 9.30. The maximum atomic E-state index is 12.9. The molecule has 4 rings (SSSR count). The largest absolute Gasteiger partial charge is 0.368 e. The van der Waals surface area contributed by atoms with Crippen LogP contribution in [0.25, 0.3) is 0 Å². The van der Waals surface area contributed by atoms with Gasteiger partial charge in [-0.25, -0.2) is 4.98 Å². The Kier molecular flexibility index (Phi) is 5.88. The van der Waals surface area contributed by atoms with E-state index in [1.165, 1.54) is 0 Å². The molecule has 3 heterocycles. The minimum absolute atomic E-state index is 0.0488. The van der Waals surface area contributed by atoms with Gasteiger partial charge < -0.3 is 9.80 Å². The molecule has 1 saturated heterocycles. The smallest absolute Gasteiger partial charge is 0.254 e. The minimum Gasteiger partial charge on any atom is -0.368 e. The van der Waals surface area contributed by atoms with Gasteiger partial charge >= 0.3 is 0 Å². The van der Waals surface area contributed by atoms with Gasteiger partial charge in [-0.1, -0.05) is 43.3 Å². The summed E-state index contributed by atoms with van der Waals surface area (Å²) in [5.74, 6) is 1.04. The fourth-order valence-corrected chi connectivity index (χ4v) is 5.17. The highest BCUT2D eigenvalue weighted by Crippen LogP contribution is 2.33. The van der Waals surface area contributed by atoms with E-state index >= 15 is 0 Å². The number of halogens is 1. The van der Waals surface area contributed by atoms with E-state index in [4.69, 9.17) is 11.6 Å². The molecule has 1 aromatic heterocycles. The first-order valence-electron chi connectivity index (χ1n) is 9.97. The zero-order valence-electron chi connectivity index (χ0n) is 16.7. The molecule has 0 spiro atoms.